The second-order valence-electron chi connectivity index (χ2n) is 11.2. The maximum atomic E-state index is 12.7. The monoisotopic (exact) mass is 631 g/mol. The van der Waals surface area contributed by atoms with Crippen molar-refractivity contribution in [3.8, 4) is 11.4 Å². The van der Waals surface area contributed by atoms with E-state index in [1.165, 1.54) is 0 Å². The van der Waals surface area contributed by atoms with Crippen molar-refractivity contribution in [2.75, 3.05) is 17.3 Å². The largest absolute Gasteiger partial charge is 0.494 e. The molecule has 2 aromatic carbocycles. The highest BCUT2D eigenvalue weighted by Crippen LogP contribution is 2.45. The van der Waals surface area contributed by atoms with Crippen LogP contribution in [0.15, 0.2) is 77.4 Å². The maximum Gasteiger partial charge on any atom is 0.229 e. The molecule has 5 rings (SSSR count). The Morgan fingerprint density at radius 2 is 1.83 bits per heavy atom. The highest BCUT2D eigenvalue weighted by atomic mass is 79.9. The molecule has 0 saturated carbocycles. The van der Waals surface area contributed by atoms with Crippen molar-refractivity contribution in [2.45, 2.75) is 46.7 Å². The highest BCUT2D eigenvalue weighted by Gasteiger charge is 2.42. The van der Waals surface area contributed by atoms with E-state index in [0.29, 0.717) is 16.5 Å². The molecule has 0 unspecified atom stereocenters. The minimum absolute atomic E-state index is 0.0880. The molecule has 0 aliphatic carbocycles. The molecule has 2 aromatic heterocycles. The molecule has 1 aliphatic heterocycles. The lowest BCUT2D eigenvalue weighted by Crippen LogP contribution is -2.30. The molecule has 3 heterocycles. The Morgan fingerprint density at radius 3 is 2.49 bits per heavy atom. The van der Waals surface area contributed by atoms with Gasteiger partial charge in [0.2, 0.25) is 5.91 Å². The molecular weight excluding hydrogens is 598 g/mol. The van der Waals surface area contributed by atoms with Crippen LogP contribution in [0.5, 0.6) is 5.75 Å². The van der Waals surface area contributed by atoms with E-state index in [1.807, 2.05) is 69.3 Å². The van der Waals surface area contributed by atoms with Gasteiger partial charge in [0.1, 0.15) is 5.75 Å². The molecule has 1 aliphatic rings. The Labute approximate surface area is 255 Å². The summed E-state index contributed by atoms with van der Waals surface area (Å²) in [6, 6.07) is 21.8. The van der Waals surface area contributed by atoms with Gasteiger partial charge in [0.05, 0.1) is 30.6 Å². The molecule has 4 aromatic rings. The van der Waals surface area contributed by atoms with Crippen molar-refractivity contribution >= 4 is 50.5 Å². The smallest absolute Gasteiger partial charge is 0.229 e. The van der Waals surface area contributed by atoms with Crippen LogP contribution in [0, 0.1) is 19.3 Å². The van der Waals surface area contributed by atoms with E-state index < -0.39 is 5.41 Å². The molecule has 0 spiro atoms. The van der Waals surface area contributed by atoms with Gasteiger partial charge in [0, 0.05) is 44.9 Å². The van der Waals surface area contributed by atoms with E-state index in [9.17, 15) is 4.79 Å². The number of thiocarbonyl (C=S) groups is 1. The zero-order valence-electron chi connectivity index (χ0n) is 24.0. The van der Waals surface area contributed by atoms with Gasteiger partial charge in [-0.2, -0.15) is 0 Å². The molecule has 9 heteroatoms. The molecule has 1 saturated heterocycles. The third-order valence-electron chi connectivity index (χ3n) is 7.35. The fourth-order valence-electron chi connectivity index (χ4n) is 5.29. The number of anilines is 2. The van der Waals surface area contributed by atoms with Gasteiger partial charge >= 0.3 is 0 Å². The first-order chi connectivity index (χ1) is 19.5. The number of halogens is 1. The van der Waals surface area contributed by atoms with Gasteiger partial charge in [0.15, 0.2) is 5.11 Å². The quantitative estimate of drug-likeness (QED) is 0.216. The third-order valence-corrected chi connectivity index (χ3v) is 8.15. The number of nitrogens with one attached hydrogen (secondary N) is 2. The zero-order valence-corrected chi connectivity index (χ0v) is 26.4. The lowest BCUT2D eigenvalue weighted by molar-refractivity contribution is -0.123. The van der Waals surface area contributed by atoms with Gasteiger partial charge in [0.25, 0.3) is 0 Å². The third kappa shape index (κ3) is 5.61. The summed E-state index contributed by atoms with van der Waals surface area (Å²) in [6.45, 7) is 9.90. The van der Waals surface area contributed by atoms with E-state index in [2.05, 4.69) is 68.1 Å². The van der Waals surface area contributed by atoms with Crippen molar-refractivity contribution in [3.05, 3.63) is 100 Å². The summed E-state index contributed by atoms with van der Waals surface area (Å²) in [5, 5.41) is 7.14. The summed E-state index contributed by atoms with van der Waals surface area (Å²) in [5.41, 5.74) is 6.27. The first-order valence-electron chi connectivity index (χ1n) is 13.4. The van der Waals surface area contributed by atoms with Gasteiger partial charge in [-0.15, -0.1) is 0 Å². The van der Waals surface area contributed by atoms with Crippen LogP contribution in [-0.2, 0) is 4.79 Å². The van der Waals surface area contributed by atoms with Crippen LogP contribution in [0.3, 0.4) is 0 Å². The van der Waals surface area contributed by atoms with Gasteiger partial charge in [-0.3, -0.25) is 9.78 Å². The molecule has 0 bridgehead atoms. The number of aryl methyl sites for hydroxylation is 1. The van der Waals surface area contributed by atoms with Gasteiger partial charge in [-0.25, -0.2) is 0 Å². The van der Waals surface area contributed by atoms with E-state index >= 15 is 0 Å². The Hall–Kier alpha value is -3.69. The van der Waals surface area contributed by atoms with Crippen molar-refractivity contribution < 1.29 is 9.53 Å². The Morgan fingerprint density at radius 1 is 1.05 bits per heavy atom. The number of rotatable bonds is 6. The minimum atomic E-state index is -0.540. The first kappa shape index (κ1) is 28.8. The Balaban J connectivity index is 1.63. The number of hydrogen-bond donors (Lipinski definition) is 2. The summed E-state index contributed by atoms with van der Waals surface area (Å²) >= 11 is 9.58. The van der Waals surface area contributed by atoms with Gasteiger partial charge in [-0.1, -0.05) is 48.8 Å². The number of methoxy groups -OCH3 is 1. The lowest BCUT2D eigenvalue weighted by Gasteiger charge is -2.29. The number of hydrogen-bond acceptors (Lipinski definition) is 4. The predicted octanol–water partition coefficient (Wildman–Crippen LogP) is 7.42. The SMILES string of the molecule is COc1cc(N2C(=S)N[C@@H](c3ccccn3)[C@@H]2c2cc(C)n(-c3cccc(Br)c3)c2C)ccc1NC(=O)C(C)(C)C. The van der Waals surface area contributed by atoms with E-state index in [0.717, 1.165) is 38.5 Å². The highest BCUT2D eigenvalue weighted by molar-refractivity contribution is 9.10. The van der Waals surface area contributed by atoms with Gasteiger partial charge < -0.3 is 24.8 Å². The Bertz CT molecular complexity index is 1610. The van der Waals surface area contributed by atoms with Crippen LogP contribution >= 0.6 is 28.1 Å². The standard InChI is InChI=1S/C32H34BrN5O2S/c1-19-16-24(20(2)37(19)22-11-9-10-21(33)17-22)29-28(26-12-7-8-15-34-26)36-31(41)38(29)23-13-14-25(27(18-23)40-6)35-30(39)32(3,4)5/h7-18,28-29H,1-6H3,(H,35,39)(H,36,41)/t28-,29-/m0/s1. The number of benzene rings is 2. The molecule has 41 heavy (non-hydrogen) atoms. The summed E-state index contributed by atoms with van der Waals surface area (Å²) in [6.07, 6.45) is 1.81. The average Bonchev–Trinajstić information content (AvgIpc) is 3.43. The van der Waals surface area contributed by atoms with Crippen molar-refractivity contribution in [2.24, 2.45) is 5.41 Å². The lowest BCUT2D eigenvalue weighted by atomic mass is 9.95. The second kappa shape index (κ2) is 11.3. The predicted molar refractivity (Wildman–Crippen MR) is 172 cm³/mol. The van der Waals surface area contributed by atoms with E-state index in [4.69, 9.17) is 21.9 Å². The maximum absolute atomic E-state index is 12.7. The number of amides is 1. The number of nitrogens with zero attached hydrogens (tertiary/aromatic N) is 3. The number of aromatic nitrogens is 2. The van der Waals surface area contributed by atoms with Crippen LogP contribution in [0.25, 0.3) is 5.69 Å². The number of pyridine rings is 1. The fourth-order valence-corrected chi connectivity index (χ4v) is 6.02. The van der Waals surface area contributed by atoms with E-state index in [-0.39, 0.29) is 18.0 Å². The van der Waals surface area contributed by atoms with Crippen LogP contribution in [-0.4, -0.2) is 27.7 Å². The molecule has 0 radical (unpaired) electrons. The van der Waals surface area contributed by atoms with Crippen molar-refractivity contribution in [1.29, 1.82) is 0 Å². The number of carbonyl (C=O) groups is 1. The topological polar surface area (TPSA) is 71.4 Å². The zero-order chi connectivity index (χ0) is 29.5. The van der Waals surface area contributed by atoms with Crippen LogP contribution in [0.2, 0.25) is 0 Å². The minimum Gasteiger partial charge on any atom is -0.494 e. The summed E-state index contributed by atoms with van der Waals surface area (Å²) in [4.78, 5) is 19.5. The molecule has 2 atom stereocenters. The summed E-state index contributed by atoms with van der Waals surface area (Å²) in [7, 11) is 1.60. The first-order valence-corrected chi connectivity index (χ1v) is 14.6. The van der Waals surface area contributed by atoms with E-state index in [1.54, 1.807) is 13.3 Å². The summed E-state index contributed by atoms with van der Waals surface area (Å²) < 4.78 is 9.02. The molecule has 1 amide bonds. The second-order valence-corrected chi connectivity index (χ2v) is 12.5. The van der Waals surface area contributed by atoms with Crippen molar-refractivity contribution in [3.63, 3.8) is 0 Å². The molecule has 1 fully saturated rings. The van der Waals surface area contributed by atoms with Crippen LogP contribution < -0.4 is 20.3 Å². The normalized spacial score (nSPS) is 17.0. The molecule has 2 N–H and O–H groups in total. The summed E-state index contributed by atoms with van der Waals surface area (Å²) in [5.74, 6) is 0.470. The Kier molecular flexibility index (Phi) is 7.94. The van der Waals surface area contributed by atoms with Crippen molar-refractivity contribution in [1.82, 2.24) is 14.9 Å². The molecule has 212 valence electrons. The molecular formula is C32H34BrN5O2S. The average molecular weight is 633 g/mol. The molecule has 7 nitrogen and oxygen atoms in total. The van der Waals surface area contributed by atoms with Crippen LogP contribution in [0.4, 0.5) is 11.4 Å². The number of carbonyl (C=O) groups excluding carboxylic acids is 1. The van der Waals surface area contributed by atoms with Crippen LogP contribution in [0.1, 0.15) is 55.5 Å². The van der Waals surface area contributed by atoms with Gasteiger partial charge in [-0.05, 0) is 80.2 Å². The number of ether oxygens (including phenoxy) is 1. The fraction of sp³-hybridized carbons (Fsp3) is 0.281.